The Hall–Kier alpha value is -1.66. The number of nitrogens with one attached hydrogen (secondary N) is 1. The Labute approximate surface area is 130 Å². The SMILES string of the molecule is Cc1cc2cc(S(=O)(=O)N3CCCCC3C)ccc2[nH]c1=O. The van der Waals surface area contributed by atoms with Crippen molar-refractivity contribution in [2.45, 2.75) is 44.0 Å². The van der Waals surface area contributed by atoms with Crippen LogP contribution in [-0.2, 0) is 10.0 Å². The van der Waals surface area contributed by atoms with Crippen molar-refractivity contribution in [2.24, 2.45) is 0 Å². The van der Waals surface area contributed by atoms with E-state index >= 15 is 0 Å². The number of aromatic amines is 1. The molecule has 0 saturated carbocycles. The molecule has 6 heteroatoms. The number of aryl methyl sites for hydroxylation is 1. The van der Waals surface area contributed by atoms with E-state index in [4.69, 9.17) is 0 Å². The molecule has 2 aromatic rings. The molecule has 1 fully saturated rings. The van der Waals surface area contributed by atoms with Crippen LogP contribution in [0.4, 0.5) is 0 Å². The highest BCUT2D eigenvalue weighted by Gasteiger charge is 2.30. The van der Waals surface area contributed by atoms with E-state index in [1.165, 1.54) is 0 Å². The summed E-state index contributed by atoms with van der Waals surface area (Å²) in [5.74, 6) is 0. The van der Waals surface area contributed by atoms with Crippen LogP contribution in [0, 0.1) is 6.92 Å². The molecule has 1 atom stereocenters. The van der Waals surface area contributed by atoms with Gasteiger partial charge in [-0.2, -0.15) is 4.31 Å². The van der Waals surface area contributed by atoms with Crippen molar-refractivity contribution in [1.29, 1.82) is 0 Å². The number of benzene rings is 1. The summed E-state index contributed by atoms with van der Waals surface area (Å²) in [7, 11) is -3.48. The number of hydrogen-bond donors (Lipinski definition) is 1. The molecule has 118 valence electrons. The minimum atomic E-state index is -3.48. The average Bonchev–Trinajstić information content (AvgIpc) is 2.48. The van der Waals surface area contributed by atoms with Gasteiger partial charge in [-0.05, 0) is 56.3 Å². The van der Waals surface area contributed by atoms with E-state index in [1.54, 1.807) is 35.5 Å². The fourth-order valence-electron chi connectivity index (χ4n) is 3.02. The number of sulfonamides is 1. The lowest BCUT2D eigenvalue weighted by molar-refractivity contribution is 0.268. The lowest BCUT2D eigenvalue weighted by Gasteiger charge is -2.32. The Morgan fingerprint density at radius 1 is 1.23 bits per heavy atom. The second-order valence-electron chi connectivity index (χ2n) is 5.99. The molecule has 1 saturated heterocycles. The van der Waals surface area contributed by atoms with Crippen LogP contribution in [0.2, 0.25) is 0 Å². The zero-order valence-corrected chi connectivity index (χ0v) is 13.6. The molecular weight excluding hydrogens is 300 g/mol. The second kappa shape index (κ2) is 5.52. The van der Waals surface area contributed by atoms with Crippen LogP contribution in [0.25, 0.3) is 10.9 Å². The van der Waals surface area contributed by atoms with Crippen molar-refractivity contribution in [3.05, 3.63) is 40.2 Å². The minimum Gasteiger partial charge on any atom is -0.322 e. The quantitative estimate of drug-likeness (QED) is 0.923. The number of piperidine rings is 1. The molecule has 1 unspecified atom stereocenters. The molecule has 22 heavy (non-hydrogen) atoms. The summed E-state index contributed by atoms with van der Waals surface area (Å²) < 4.78 is 27.3. The summed E-state index contributed by atoms with van der Waals surface area (Å²) >= 11 is 0. The Morgan fingerprint density at radius 2 is 2.00 bits per heavy atom. The van der Waals surface area contributed by atoms with Crippen molar-refractivity contribution < 1.29 is 8.42 Å². The lowest BCUT2D eigenvalue weighted by Crippen LogP contribution is -2.41. The van der Waals surface area contributed by atoms with E-state index in [9.17, 15) is 13.2 Å². The van der Waals surface area contributed by atoms with Crippen LogP contribution in [0.15, 0.2) is 34.0 Å². The number of hydrogen-bond acceptors (Lipinski definition) is 3. The van der Waals surface area contributed by atoms with Gasteiger partial charge in [0.2, 0.25) is 10.0 Å². The van der Waals surface area contributed by atoms with E-state index in [0.717, 1.165) is 24.6 Å². The fourth-order valence-corrected chi connectivity index (χ4v) is 4.75. The first-order valence-electron chi connectivity index (χ1n) is 7.55. The number of aromatic nitrogens is 1. The van der Waals surface area contributed by atoms with Gasteiger partial charge in [-0.3, -0.25) is 4.79 Å². The maximum absolute atomic E-state index is 12.8. The molecule has 0 spiro atoms. The summed E-state index contributed by atoms with van der Waals surface area (Å²) in [5, 5.41) is 0.739. The van der Waals surface area contributed by atoms with Crippen LogP contribution >= 0.6 is 0 Å². The summed E-state index contributed by atoms with van der Waals surface area (Å²) in [5.41, 5.74) is 1.09. The molecule has 0 amide bonds. The van der Waals surface area contributed by atoms with Crippen molar-refractivity contribution in [1.82, 2.24) is 9.29 Å². The van der Waals surface area contributed by atoms with Crippen LogP contribution in [0.5, 0.6) is 0 Å². The van der Waals surface area contributed by atoms with Gasteiger partial charge in [0, 0.05) is 23.7 Å². The molecule has 0 bridgehead atoms. The van der Waals surface area contributed by atoms with Crippen molar-refractivity contribution >= 4 is 20.9 Å². The summed E-state index contributed by atoms with van der Waals surface area (Å²) in [6, 6.07) is 6.65. The molecule has 0 aliphatic carbocycles. The van der Waals surface area contributed by atoms with Gasteiger partial charge in [0.15, 0.2) is 0 Å². The first kappa shape index (κ1) is 15.2. The van der Waals surface area contributed by atoms with Crippen LogP contribution < -0.4 is 5.56 Å². The normalized spacial score (nSPS) is 20.4. The van der Waals surface area contributed by atoms with Gasteiger partial charge in [0.25, 0.3) is 5.56 Å². The topological polar surface area (TPSA) is 70.2 Å². The molecule has 1 aromatic carbocycles. The Bertz CT molecular complexity index is 871. The van der Waals surface area contributed by atoms with E-state index in [-0.39, 0.29) is 11.6 Å². The van der Waals surface area contributed by atoms with E-state index < -0.39 is 10.0 Å². The second-order valence-corrected chi connectivity index (χ2v) is 7.88. The standard InChI is InChI=1S/C16H20N2O3S/c1-11-9-13-10-14(6-7-15(13)17-16(11)19)22(20,21)18-8-4-3-5-12(18)2/h6-7,9-10,12H,3-5,8H2,1-2H3,(H,17,19). The van der Waals surface area contributed by atoms with Gasteiger partial charge >= 0.3 is 0 Å². The predicted molar refractivity (Wildman–Crippen MR) is 86.5 cm³/mol. The Balaban J connectivity index is 2.09. The van der Waals surface area contributed by atoms with Gasteiger partial charge < -0.3 is 4.98 Å². The molecular formula is C16H20N2O3S. The monoisotopic (exact) mass is 320 g/mol. The first-order chi connectivity index (χ1) is 10.4. The molecule has 3 rings (SSSR count). The highest BCUT2D eigenvalue weighted by molar-refractivity contribution is 7.89. The number of H-pyrrole nitrogens is 1. The average molecular weight is 320 g/mol. The zero-order chi connectivity index (χ0) is 15.9. The molecule has 1 aliphatic rings. The molecule has 2 heterocycles. The van der Waals surface area contributed by atoms with Crippen LogP contribution in [-0.4, -0.2) is 30.3 Å². The fraction of sp³-hybridized carbons (Fsp3) is 0.438. The summed E-state index contributed by atoms with van der Waals surface area (Å²) in [6.45, 7) is 4.25. The predicted octanol–water partition coefficient (Wildman–Crippen LogP) is 2.40. The van der Waals surface area contributed by atoms with Gasteiger partial charge in [0.05, 0.1) is 4.90 Å². The lowest BCUT2D eigenvalue weighted by atomic mass is 10.1. The van der Waals surface area contributed by atoms with E-state index in [0.29, 0.717) is 22.5 Å². The minimum absolute atomic E-state index is 0.0340. The summed E-state index contributed by atoms with van der Waals surface area (Å²) in [4.78, 5) is 14.7. The van der Waals surface area contributed by atoms with E-state index in [2.05, 4.69) is 4.98 Å². The van der Waals surface area contributed by atoms with Gasteiger partial charge in [0.1, 0.15) is 0 Å². The third-order valence-electron chi connectivity index (χ3n) is 4.35. The molecule has 5 nitrogen and oxygen atoms in total. The van der Waals surface area contributed by atoms with Gasteiger partial charge in [-0.1, -0.05) is 6.42 Å². The summed E-state index contributed by atoms with van der Waals surface area (Å²) in [6.07, 6.45) is 2.88. The molecule has 1 aliphatic heterocycles. The largest absolute Gasteiger partial charge is 0.322 e. The van der Waals surface area contributed by atoms with E-state index in [1.807, 2.05) is 6.92 Å². The van der Waals surface area contributed by atoms with Crippen molar-refractivity contribution in [3.8, 4) is 0 Å². The van der Waals surface area contributed by atoms with Crippen LogP contribution in [0.3, 0.4) is 0 Å². The molecule has 1 N–H and O–H groups in total. The van der Waals surface area contributed by atoms with Gasteiger partial charge in [-0.25, -0.2) is 8.42 Å². The first-order valence-corrected chi connectivity index (χ1v) is 8.99. The number of rotatable bonds is 2. The zero-order valence-electron chi connectivity index (χ0n) is 12.8. The Kier molecular flexibility index (Phi) is 3.82. The third-order valence-corrected chi connectivity index (χ3v) is 6.36. The van der Waals surface area contributed by atoms with Gasteiger partial charge in [-0.15, -0.1) is 0 Å². The Morgan fingerprint density at radius 3 is 2.73 bits per heavy atom. The van der Waals surface area contributed by atoms with Crippen molar-refractivity contribution in [3.63, 3.8) is 0 Å². The number of pyridine rings is 1. The van der Waals surface area contributed by atoms with Crippen LogP contribution in [0.1, 0.15) is 31.7 Å². The maximum atomic E-state index is 12.8. The highest BCUT2D eigenvalue weighted by Crippen LogP contribution is 2.26. The molecule has 1 aromatic heterocycles. The maximum Gasteiger partial charge on any atom is 0.251 e. The number of fused-ring (bicyclic) bond motifs is 1. The van der Waals surface area contributed by atoms with Crippen molar-refractivity contribution in [2.75, 3.05) is 6.54 Å². The molecule has 0 radical (unpaired) electrons. The third kappa shape index (κ3) is 2.57. The smallest absolute Gasteiger partial charge is 0.251 e. The number of nitrogens with zero attached hydrogens (tertiary/aromatic N) is 1. The highest BCUT2D eigenvalue weighted by atomic mass is 32.2.